The molecule has 1 fully saturated rings. The summed E-state index contributed by atoms with van der Waals surface area (Å²) in [6, 6.07) is 9.56. The molecule has 0 radical (unpaired) electrons. The molecule has 1 atom stereocenters. The first kappa shape index (κ1) is 14.7. The van der Waals surface area contributed by atoms with Gasteiger partial charge in [0.25, 0.3) is 0 Å². The van der Waals surface area contributed by atoms with Gasteiger partial charge in [-0.15, -0.1) is 11.3 Å². The van der Waals surface area contributed by atoms with Crippen LogP contribution in [-0.4, -0.2) is 17.6 Å². The Morgan fingerprint density at radius 2 is 2.05 bits per heavy atom. The van der Waals surface area contributed by atoms with Crippen LogP contribution in [0.1, 0.15) is 33.9 Å². The zero-order valence-corrected chi connectivity index (χ0v) is 13.7. The number of thiazole rings is 1. The molecule has 1 aliphatic carbocycles. The molecule has 3 heteroatoms. The number of hydrogen-bond acceptors (Lipinski definition) is 3. The zero-order valence-electron chi connectivity index (χ0n) is 12.9. The lowest BCUT2D eigenvalue weighted by Gasteiger charge is -2.18. The standard InChI is InChI=1S/C18H24N2S/c1-13-5-3-4-6-16(13)9-15(11-20-17-7-8-17)10-18-12-19-14(2)21-18/h3-6,12,15,17,20H,7-11H2,1-2H3. The monoisotopic (exact) mass is 300 g/mol. The average molecular weight is 300 g/mol. The molecule has 112 valence electrons. The number of aromatic nitrogens is 1. The van der Waals surface area contributed by atoms with E-state index in [0.717, 1.165) is 25.4 Å². The van der Waals surface area contributed by atoms with Gasteiger partial charge in [-0.05, 0) is 63.1 Å². The molecule has 1 aromatic carbocycles. The quantitative estimate of drug-likeness (QED) is 0.838. The predicted molar refractivity (Wildman–Crippen MR) is 90.0 cm³/mol. The first-order chi connectivity index (χ1) is 10.2. The number of nitrogens with zero attached hydrogens (tertiary/aromatic N) is 1. The molecule has 0 aliphatic heterocycles. The maximum atomic E-state index is 4.40. The highest BCUT2D eigenvalue weighted by Crippen LogP contribution is 2.23. The fourth-order valence-electron chi connectivity index (χ4n) is 2.77. The summed E-state index contributed by atoms with van der Waals surface area (Å²) >= 11 is 1.84. The molecule has 0 amide bonds. The summed E-state index contributed by atoms with van der Waals surface area (Å²) in [7, 11) is 0. The lowest BCUT2D eigenvalue weighted by molar-refractivity contribution is 0.470. The summed E-state index contributed by atoms with van der Waals surface area (Å²) in [5.74, 6) is 0.659. The number of hydrogen-bond donors (Lipinski definition) is 1. The van der Waals surface area contributed by atoms with E-state index in [2.05, 4.69) is 54.6 Å². The SMILES string of the molecule is Cc1ncc(CC(CNC2CC2)Cc2ccccc2C)s1. The molecule has 21 heavy (non-hydrogen) atoms. The summed E-state index contributed by atoms with van der Waals surface area (Å²) in [5.41, 5.74) is 2.90. The van der Waals surface area contributed by atoms with E-state index in [9.17, 15) is 0 Å². The van der Waals surface area contributed by atoms with Crippen LogP contribution in [-0.2, 0) is 12.8 Å². The molecular weight excluding hydrogens is 276 g/mol. The Kier molecular flexibility index (Phi) is 4.71. The second-order valence-electron chi connectivity index (χ2n) is 6.23. The fraction of sp³-hybridized carbons (Fsp3) is 0.500. The van der Waals surface area contributed by atoms with E-state index < -0.39 is 0 Å². The van der Waals surface area contributed by atoms with Gasteiger partial charge in [0.05, 0.1) is 5.01 Å². The van der Waals surface area contributed by atoms with Crippen LogP contribution in [0.5, 0.6) is 0 Å². The summed E-state index contributed by atoms with van der Waals surface area (Å²) in [6.45, 7) is 5.43. The Bertz CT molecular complexity index is 586. The van der Waals surface area contributed by atoms with Crippen LogP contribution >= 0.6 is 11.3 Å². The van der Waals surface area contributed by atoms with Gasteiger partial charge in [-0.3, -0.25) is 0 Å². The van der Waals surface area contributed by atoms with E-state index in [1.54, 1.807) is 0 Å². The molecule has 1 N–H and O–H groups in total. The Morgan fingerprint density at radius 1 is 1.24 bits per heavy atom. The number of benzene rings is 1. The van der Waals surface area contributed by atoms with Crippen molar-refractivity contribution in [2.45, 2.75) is 45.6 Å². The second kappa shape index (κ2) is 6.71. The van der Waals surface area contributed by atoms with Gasteiger partial charge < -0.3 is 5.32 Å². The average Bonchev–Trinajstić information content (AvgIpc) is 3.21. The minimum Gasteiger partial charge on any atom is -0.314 e. The minimum atomic E-state index is 0.659. The number of nitrogens with one attached hydrogen (secondary N) is 1. The van der Waals surface area contributed by atoms with Gasteiger partial charge in [0.2, 0.25) is 0 Å². The molecule has 0 saturated heterocycles. The predicted octanol–water partition coefficient (Wildman–Crippen LogP) is 3.91. The third kappa shape index (κ3) is 4.39. The molecule has 1 unspecified atom stereocenters. The van der Waals surface area contributed by atoms with Crippen LogP contribution in [0.3, 0.4) is 0 Å². The first-order valence-electron chi connectivity index (χ1n) is 7.90. The van der Waals surface area contributed by atoms with Crippen LogP contribution < -0.4 is 5.32 Å². The van der Waals surface area contributed by atoms with Gasteiger partial charge in [0, 0.05) is 17.1 Å². The highest BCUT2D eigenvalue weighted by Gasteiger charge is 2.22. The Morgan fingerprint density at radius 3 is 2.71 bits per heavy atom. The van der Waals surface area contributed by atoms with Crippen LogP contribution in [0.4, 0.5) is 0 Å². The summed E-state index contributed by atoms with van der Waals surface area (Å²) in [4.78, 5) is 5.82. The molecule has 0 bridgehead atoms. The van der Waals surface area contributed by atoms with Gasteiger partial charge in [0.1, 0.15) is 0 Å². The second-order valence-corrected chi connectivity index (χ2v) is 7.55. The van der Waals surface area contributed by atoms with Crippen molar-refractivity contribution in [3.63, 3.8) is 0 Å². The van der Waals surface area contributed by atoms with E-state index in [1.807, 2.05) is 11.3 Å². The minimum absolute atomic E-state index is 0.659. The van der Waals surface area contributed by atoms with E-state index in [1.165, 1.54) is 33.9 Å². The summed E-state index contributed by atoms with van der Waals surface area (Å²) in [5, 5.41) is 4.88. The van der Waals surface area contributed by atoms with Crippen molar-refractivity contribution in [1.82, 2.24) is 10.3 Å². The van der Waals surface area contributed by atoms with Crippen LogP contribution in [0.15, 0.2) is 30.5 Å². The topological polar surface area (TPSA) is 24.9 Å². The van der Waals surface area contributed by atoms with Gasteiger partial charge in [-0.2, -0.15) is 0 Å². The molecule has 2 nitrogen and oxygen atoms in total. The lowest BCUT2D eigenvalue weighted by atomic mass is 9.93. The Labute approximate surface area is 131 Å². The van der Waals surface area contributed by atoms with E-state index >= 15 is 0 Å². The molecule has 1 aliphatic rings. The van der Waals surface area contributed by atoms with Gasteiger partial charge in [-0.1, -0.05) is 24.3 Å². The molecule has 0 spiro atoms. The van der Waals surface area contributed by atoms with E-state index in [4.69, 9.17) is 0 Å². The summed E-state index contributed by atoms with van der Waals surface area (Å²) < 4.78 is 0. The van der Waals surface area contributed by atoms with E-state index in [0.29, 0.717) is 5.92 Å². The molecular formula is C18H24N2S. The smallest absolute Gasteiger partial charge is 0.0896 e. The molecule has 1 aromatic heterocycles. The Balaban J connectivity index is 1.67. The molecule has 1 saturated carbocycles. The van der Waals surface area contributed by atoms with Crippen molar-refractivity contribution in [3.8, 4) is 0 Å². The summed E-state index contributed by atoms with van der Waals surface area (Å²) in [6.07, 6.45) is 7.07. The Hall–Kier alpha value is -1.19. The van der Waals surface area contributed by atoms with Crippen LogP contribution in [0.2, 0.25) is 0 Å². The fourth-order valence-corrected chi connectivity index (χ4v) is 3.68. The number of aryl methyl sites for hydroxylation is 2. The zero-order chi connectivity index (χ0) is 14.7. The van der Waals surface area contributed by atoms with Crippen molar-refractivity contribution in [3.05, 3.63) is 51.5 Å². The van der Waals surface area contributed by atoms with Gasteiger partial charge in [0.15, 0.2) is 0 Å². The van der Waals surface area contributed by atoms with Crippen molar-refractivity contribution < 1.29 is 0 Å². The molecule has 1 heterocycles. The van der Waals surface area contributed by atoms with Crippen molar-refractivity contribution >= 4 is 11.3 Å². The molecule has 3 rings (SSSR count). The van der Waals surface area contributed by atoms with E-state index in [-0.39, 0.29) is 0 Å². The third-order valence-corrected chi connectivity index (χ3v) is 5.14. The maximum absolute atomic E-state index is 4.40. The third-order valence-electron chi connectivity index (χ3n) is 4.20. The van der Waals surface area contributed by atoms with Crippen molar-refractivity contribution in [2.24, 2.45) is 5.92 Å². The largest absolute Gasteiger partial charge is 0.314 e. The maximum Gasteiger partial charge on any atom is 0.0896 e. The van der Waals surface area contributed by atoms with Crippen LogP contribution in [0, 0.1) is 19.8 Å². The van der Waals surface area contributed by atoms with Crippen molar-refractivity contribution in [1.29, 1.82) is 0 Å². The number of rotatable bonds is 7. The van der Waals surface area contributed by atoms with Gasteiger partial charge in [-0.25, -0.2) is 4.98 Å². The molecule has 2 aromatic rings. The van der Waals surface area contributed by atoms with Crippen molar-refractivity contribution in [2.75, 3.05) is 6.54 Å². The highest BCUT2D eigenvalue weighted by atomic mass is 32.1. The van der Waals surface area contributed by atoms with Gasteiger partial charge >= 0.3 is 0 Å². The van der Waals surface area contributed by atoms with Crippen LogP contribution in [0.25, 0.3) is 0 Å². The highest BCUT2D eigenvalue weighted by molar-refractivity contribution is 7.11. The lowest BCUT2D eigenvalue weighted by Crippen LogP contribution is -2.27. The normalized spacial score (nSPS) is 16.1. The first-order valence-corrected chi connectivity index (χ1v) is 8.71.